The first-order chi connectivity index (χ1) is 14.7. The van der Waals surface area contributed by atoms with Crippen molar-refractivity contribution in [3.8, 4) is 0 Å². The van der Waals surface area contributed by atoms with E-state index in [1.54, 1.807) is 12.5 Å². The molecular weight excluding hydrogens is 446 g/mol. The summed E-state index contributed by atoms with van der Waals surface area (Å²) in [6, 6.07) is 8.27. The highest BCUT2D eigenvalue weighted by molar-refractivity contribution is 9.10. The Kier molecular flexibility index (Phi) is 5.16. The van der Waals surface area contributed by atoms with Gasteiger partial charge in [0.2, 0.25) is 5.91 Å². The third kappa shape index (κ3) is 3.35. The van der Waals surface area contributed by atoms with Gasteiger partial charge < -0.3 is 15.1 Å². The predicted octanol–water partition coefficient (Wildman–Crippen LogP) is 2.09. The Morgan fingerprint density at radius 2 is 1.77 bits per heavy atom. The lowest BCUT2D eigenvalue weighted by Gasteiger charge is -2.43. The zero-order chi connectivity index (χ0) is 20.6. The summed E-state index contributed by atoms with van der Waals surface area (Å²) in [7, 11) is 0. The van der Waals surface area contributed by atoms with Gasteiger partial charge in [0.1, 0.15) is 12.1 Å². The Labute approximate surface area is 183 Å². The van der Waals surface area contributed by atoms with E-state index in [9.17, 15) is 4.79 Å². The number of carbonyl (C=O) groups is 1. The van der Waals surface area contributed by atoms with Crippen LogP contribution in [-0.4, -0.2) is 70.2 Å². The van der Waals surface area contributed by atoms with Crippen molar-refractivity contribution in [3.63, 3.8) is 0 Å². The summed E-state index contributed by atoms with van der Waals surface area (Å²) in [5.74, 6) is 1.13. The number of piperazine rings is 1. The largest absolute Gasteiger partial charge is 0.352 e. The third-order valence-electron chi connectivity index (χ3n) is 6.36. The van der Waals surface area contributed by atoms with Crippen LogP contribution in [0.2, 0.25) is 0 Å². The normalized spacial score (nSPS) is 19.2. The first-order valence-electron chi connectivity index (χ1n) is 10.3. The van der Waals surface area contributed by atoms with Crippen LogP contribution in [0.3, 0.4) is 0 Å². The molecule has 0 aliphatic carbocycles. The number of rotatable bonds is 3. The van der Waals surface area contributed by atoms with Gasteiger partial charge in [-0.2, -0.15) is 5.10 Å². The lowest BCUT2D eigenvalue weighted by atomic mass is 9.72. The van der Waals surface area contributed by atoms with E-state index in [1.165, 1.54) is 0 Å². The van der Waals surface area contributed by atoms with Gasteiger partial charge in [-0.1, -0.05) is 28.1 Å². The summed E-state index contributed by atoms with van der Waals surface area (Å²) in [6.45, 7) is 4.60. The molecule has 2 saturated heterocycles. The molecule has 4 heterocycles. The average Bonchev–Trinajstić information content (AvgIpc) is 3.29. The van der Waals surface area contributed by atoms with E-state index in [1.807, 2.05) is 17.0 Å². The van der Waals surface area contributed by atoms with Crippen LogP contribution < -0.4 is 10.2 Å². The Hall–Kier alpha value is -2.52. The zero-order valence-corrected chi connectivity index (χ0v) is 18.2. The minimum atomic E-state index is -0.444. The molecule has 0 bridgehead atoms. The van der Waals surface area contributed by atoms with Gasteiger partial charge in [-0.25, -0.2) is 9.97 Å². The van der Waals surface area contributed by atoms with Crippen molar-refractivity contribution < 1.29 is 4.79 Å². The van der Waals surface area contributed by atoms with Crippen LogP contribution in [-0.2, 0) is 10.2 Å². The van der Waals surface area contributed by atoms with Crippen LogP contribution in [0, 0.1) is 0 Å². The number of amides is 1. The Morgan fingerprint density at radius 1 is 1.03 bits per heavy atom. The van der Waals surface area contributed by atoms with Crippen molar-refractivity contribution in [1.82, 2.24) is 30.4 Å². The molecule has 0 unspecified atom stereocenters. The molecule has 1 amide bonds. The lowest BCUT2D eigenvalue weighted by Crippen LogP contribution is -2.57. The molecule has 0 spiro atoms. The van der Waals surface area contributed by atoms with Crippen LogP contribution in [0.5, 0.6) is 0 Å². The maximum Gasteiger partial charge on any atom is 0.233 e. The second-order valence-corrected chi connectivity index (χ2v) is 8.86. The fraction of sp³-hybridized carbons (Fsp3) is 0.429. The van der Waals surface area contributed by atoms with Gasteiger partial charge in [0.05, 0.1) is 17.0 Å². The zero-order valence-electron chi connectivity index (χ0n) is 16.6. The average molecular weight is 470 g/mol. The number of benzene rings is 1. The van der Waals surface area contributed by atoms with Crippen LogP contribution in [0.1, 0.15) is 18.4 Å². The van der Waals surface area contributed by atoms with E-state index in [0.717, 1.165) is 65.9 Å². The van der Waals surface area contributed by atoms with Crippen LogP contribution >= 0.6 is 15.9 Å². The van der Waals surface area contributed by atoms with Gasteiger partial charge in [-0.3, -0.25) is 9.89 Å². The Bertz CT molecular complexity index is 1040. The van der Waals surface area contributed by atoms with Gasteiger partial charge in [0, 0.05) is 30.7 Å². The third-order valence-corrected chi connectivity index (χ3v) is 6.89. The van der Waals surface area contributed by atoms with Crippen molar-refractivity contribution in [1.29, 1.82) is 0 Å². The maximum absolute atomic E-state index is 13.8. The van der Waals surface area contributed by atoms with E-state index >= 15 is 0 Å². The highest BCUT2D eigenvalue weighted by Gasteiger charge is 2.44. The van der Waals surface area contributed by atoms with Crippen molar-refractivity contribution in [3.05, 3.63) is 46.8 Å². The fourth-order valence-corrected chi connectivity index (χ4v) is 4.94. The maximum atomic E-state index is 13.8. The summed E-state index contributed by atoms with van der Waals surface area (Å²) in [5, 5.41) is 11.3. The number of anilines is 1. The molecule has 156 valence electrons. The molecular formula is C21H24BrN7O. The van der Waals surface area contributed by atoms with Gasteiger partial charge in [-0.05, 0) is 43.6 Å². The molecule has 2 aliphatic rings. The molecule has 0 atom stereocenters. The second-order valence-electron chi connectivity index (χ2n) is 7.95. The van der Waals surface area contributed by atoms with Crippen molar-refractivity contribution in [2.45, 2.75) is 18.3 Å². The molecule has 2 aliphatic heterocycles. The first kappa shape index (κ1) is 19.4. The van der Waals surface area contributed by atoms with Gasteiger partial charge in [-0.15, -0.1) is 0 Å². The molecule has 2 N–H and O–H groups in total. The topological polar surface area (TPSA) is 90.0 Å². The molecule has 5 rings (SSSR count). The predicted molar refractivity (Wildman–Crippen MR) is 118 cm³/mol. The van der Waals surface area contributed by atoms with E-state index in [2.05, 4.69) is 58.4 Å². The molecule has 8 nitrogen and oxygen atoms in total. The van der Waals surface area contributed by atoms with E-state index in [0.29, 0.717) is 13.1 Å². The number of hydrogen-bond acceptors (Lipinski definition) is 6. The standard InChI is InChI=1S/C21H24BrN7O/c22-16-3-1-15(2-4-16)21(5-7-23-8-6-21)20(30)29-11-9-28(10-12-29)19-17-13-26-27-18(17)24-14-25-19/h1-4,13-14,23H,5-12H2,(H,24,25,26,27). The lowest BCUT2D eigenvalue weighted by molar-refractivity contribution is -0.139. The minimum absolute atomic E-state index is 0.252. The van der Waals surface area contributed by atoms with E-state index in [4.69, 9.17) is 0 Å². The minimum Gasteiger partial charge on any atom is -0.352 e. The van der Waals surface area contributed by atoms with Gasteiger partial charge in [0.15, 0.2) is 5.65 Å². The first-order valence-corrected chi connectivity index (χ1v) is 11.1. The monoisotopic (exact) mass is 469 g/mol. The Balaban J connectivity index is 1.36. The second kappa shape index (κ2) is 7.96. The number of piperidine rings is 1. The number of nitrogens with one attached hydrogen (secondary N) is 2. The van der Waals surface area contributed by atoms with Crippen molar-refractivity contribution >= 4 is 38.7 Å². The number of halogens is 1. The van der Waals surface area contributed by atoms with Crippen molar-refractivity contribution in [2.24, 2.45) is 0 Å². The fourth-order valence-electron chi connectivity index (χ4n) is 4.68. The number of hydrogen-bond donors (Lipinski definition) is 2. The summed E-state index contributed by atoms with van der Waals surface area (Å²) < 4.78 is 1.03. The molecule has 0 saturated carbocycles. The van der Waals surface area contributed by atoms with Crippen LogP contribution in [0.4, 0.5) is 5.82 Å². The van der Waals surface area contributed by atoms with Gasteiger partial charge >= 0.3 is 0 Å². The molecule has 3 aromatic rings. The summed E-state index contributed by atoms with van der Waals surface area (Å²) in [6.07, 6.45) is 4.98. The molecule has 9 heteroatoms. The van der Waals surface area contributed by atoms with Crippen LogP contribution in [0.25, 0.3) is 11.0 Å². The number of aromatic nitrogens is 4. The number of H-pyrrole nitrogens is 1. The van der Waals surface area contributed by atoms with Crippen LogP contribution in [0.15, 0.2) is 41.3 Å². The number of nitrogens with zero attached hydrogens (tertiary/aromatic N) is 5. The van der Waals surface area contributed by atoms with E-state index in [-0.39, 0.29) is 5.91 Å². The molecule has 1 aromatic carbocycles. The highest BCUT2D eigenvalue weighted by Crippen LogP contribution is 2.36. The summed E-state index contributed by atoms with van der Waals surface area (Å²) >= 11 is 3.51. The highest BCUT2D eigenvalue weighted by atomic mass is 79.9. The van der Waals surface area contributed by atoms with E-state index < -0.39 is 5.41 Å². The summed E-state index contributed by atoms with van der Waals surface area (Å²) in [4.78, 5) is 26.8. The molecule has 2 aromatic heterocycles. The number of aromatic amines is 1. The number of fused-ring (bicyclic) bond motifs is 1. The quantitative estimate of drug-likeness (QED) is 0.610. The summed E-state index contributed by atoms with van der Waals surface area (Å²) in [5.41, 5.74) is 1.42. The molecule has 30 heavy (non-hydrogen) atoms. The SMILES string of the molecule is O=C(N1CCN(c2ncnc3[nH]ncc23)CC1)C1(c2ccc(Br)cc2)CCNCC1. The molecule has 2 fully saturated rings. The smallest absolute Gasteiger partial charge is 0.233 e. The Morgan fingerprint density at radius 3 is 2.50 bits per heavy atom. The van der Waals surface area contributed by atoms with Gasteiger partial charge in [0.25, 0.3) is 0 Å². The number of carbonyl (C=O) groups excluding carboxylic acids is 1. The van der Waals surface area contributed by atoms with Crippen molar-refractivity contribution in [2.75, 3.05) is 44.2 Å². The molecule has 0 radical (unpaired) electrons.